The average molecular weight is 556 g/mol. The molecule has 0 amide bonds. The third-order valence-electron chi connectivity index (χ3n) is 4.48. The Morgan fingerprint density at radius 2 is 1.86 bits per heavy atom. The Balaban J connectivity index is 0.00000280. The molecular weight excluding hydrogens is 529 g/mol. The number of hydrogen-bond acceptors (Lipinski definition) is 6. The predicted octanol–water partition coefficient (Wildman–Crippen LogP) is 2.45. The summed E-state index contributed by atoms with van der Waals surface area (Å²) in [5, 5.41) is 8.47. The zero-order valence-electron chi connectivity index (χ0n) is 15.9. The number of thiophene rings is 2. The van der Waals surface area contributed by atoms with E-state index in [-0.39, 0.29) is 24.0 Å². The molecule has 156 valence electrons. The van der Waals surface area contributed by atoms with Crippen LogP contribution in [-0.2, 0) is 10.0 Å². The van der Waals surface area contributed by atoms with Crippen LogP contribution in [-0.4, -0.2) is 76.9 Å². The van der Waals surface area contributed by atoms with Crippen molar-refractivity contribution in [2.45, 2.75) is 4.21 Å². The topological polar surface area (TPSA) is 68.2 Å². The molecule has 0 atom stereocenters. The summed E-state index contributed by atoms with van der Waals surface area (Å²) in [5.74, 6) is 0.822. The quantitative estimate of drug-likeness (QED) is 0.337. The molecule has 28 heavy (non-hydrogen) atoms. The van der Waals surface area contributed by atoms with Crippen LogP contribution in [0.4, 0.5) is 5.00 Å². The van der Waals surface area contributed by atoms with Gasteiger partial charge in [-0.3, -0.25) is 4.99 Å². The number of likely N-dealkylation sites (N-methyl/N-ethyl adjacent to an activating group) is 1. The lowest BCUT2D eigenvalue weighted by atomic mass is 10.3. The molecule has 2 aromatic heterocycles. The molecule has 1 aliphatic heterocycles. The lowest BCUT2D eigenvalue weighted by Crippen LogP contribution is -2.53. The van der Waals surface area contributed by atoms with Crippen LogP contribution < -0.4 is 10.2 Å². The summed E-state index contributed by atoms with van der Waals surface area (Å²) in [6.45, 7) is 4.58. The van der Waals surface area contributed by atoms with Gasteiger partial charge in [-0.25, -0.2) is 8.42 Å². The molecule has 11 heteroatoms. The summed E-state index contributed by atoms with van der Waals surface area (Å²) in [6, 6.07) is 7.61. The third kappa shape index (κ3) is 5.59. The second-order valence-electron chi connectivity index (χ2n) is 6.16. The first kappa shape index (κ1) is 23.4. The molecule has 3 rings (SSSR count). The van der Waals surface area contributed by atoms with E-state index in [2.05, 4.69) is 37.6 Å². The van der Waals surface area contributed by atoms with Gasteiger partial charge in [0, 0.05) is 53.4 Å². The maximum Gasteiger partial charge on any atom is 0.252 e. The molecule has 0 aliphatic carbocycles. The predicted molar refractivity (Wildman–Crippen MR) is 129 cm³/mol. The SMILES string of the molecule is CN=C(NCCN(C)S(=O)(=O)c1cccs1)N1CCN(c2cccs2)CC1.I. The fourth-order valence-corrected chi connectivity index (χ4v) is 6.09. The molecule has 0 unspecified atom stereocenters. The molecular formula is C17H26IN5O2S3. The van der Waals surface area contributed by atoms with Gasteiger partial charge in [-0.1, -0.05) is 6.07 Å². The standard InChI is InChI=1S/C17H25N5O2S3.HI/c1-18-17(22-11-9-21(10-12-22)15-5-3-13-25-15)19-7-8-20(2)27(23,24)16-6-4-14-26-16;/h3-6,13-14H,7-12H2,1-2H3,(H,18,19);1H. The highest BCUT2D eigenvalue weighted by atomic mass is 127. The third-order valence-corrected chi connectivity index (χ3v) is 8.64. The fraction of sp³-hybridized carbons (Fsp3) is 0.471. The van der Waals surface area contributed by atoms with E-state index >= 15 is 0 Å². The number of sulfonamides is 1. The summed E-state index contributed by atoms with van der Waals surface area (Å²) in [6.07, 6.45) is 0. The smallest absolute Gasteiger partial charge is 0.252 e. The van der Waals surface area contributed by atoms with Crippen LogP contribution in [0, 0.1) is 0 Å². The average Bonchev–Trinajstić information content (AvgIpc) is 3.39. The van der Waals surface area contributed by atoms with Crippen LogP contribution in [0.3, 0.4) is 0 Å². The van der Waals surface area contributed by atoms with Gasteiger partial charge in [0.25, 0.3) is 10.0 Å². The van der Waals surface area contributed by atoms with Gasteiger partial charge in [0.05, 0.1) is 5.00 Å². The first-order valence-electron chi connectivity index (χ1n) is 8.76. The van der Waals surface area contributed by atoms with Gasteiger partial charge in [0.15, 0.2) is 5.96 Å². The van der Waals surface area contributed by atoms with Crippen LogP contribution in [0.5, 0.6) is 0 Å². The van der Waals surface area contributed by atoms with Crippen LogP contribution in [0.25, 0.3) is 0 Å². The van der Waals surface area contributed by atoms with Crippen molar-refractivity contribution in [2.24, 2.45) is 4.99 Å². The molecule has 0 spiro atoms. The van der Waals surface area contributed by atoms with Crippen molar-refractivity contribution in [3.63, 3.8) is 0 Å². The van der Waals surface area contributed by atoms with Crippen molar-refractivity contribution >= 4 is 67.6 Å². The van der Waals surface area contributed by atoms with Crippen molar-refractivity contribution in [3.05, 3.63) is 35.0 Å². The lowest BCUT2D eigenvalue weighted by molar-refractivity contribution is 0.371. The summed E-state index contributed by atoms with van der Waals surface area (Å²) in [4.78, 5) is 8.96. The summed E-state index contributed by atoms with van der Waals surface area (Å²) < 4.78 is 26.7. The van der Waals surface area contributed by atoms with E-state index in [1.807, 2.05) is 0 Å². The highest BCUT2D eigenvalue weighted by Crippen LogP contribution is 2.22. The van der Waals surface area contributed by atoms with Gasteiger partial charge < -0.3 is 15.1 Å². The Morgan fingerprint density at radius 1 is 1.18 bits per heavy atom. The van der Waals surface area contributed by atoms with Gasteiger partial charge in [-0.05, 0) is 29.0 Å². The van der Waals surface area contributed by atoms with Crippen molar-refractivity contribution in [2.75, 3.05) is 58.3 Å². The second-order valence-corrected chi connectivity index (χ2v) is 10.3. The summed E-state index contributed by atoms with van der Waals surface area (Å²) in [7, 11) is -0.0303. The highest BCUT2D eigenvalue weighted by Gasteiger charge is 2.23. The van der Waals surface area contributed by atoms with E-state index in [9.17, 15) is 8.42 Å². The van der Waals surface area contributed by atoms with Crippen molar-refractivity contribution in [3.8, 4) is 0 Å². The fourth-order valence-electron chi connectivity index (χ4n) is 2.93. The maximum absolute atomic E-state index is 12.5. The van der Waals surface area contributed by atoms with Gasteiger partial charge in [0.2, 0.25) is 0 Å². The summed E-state index contributed by atoms with van der Waals surface area (Å²) >= 11 is 3.00. The molecule has 0 saturated carbocycles. The Bertz CT molecular complexity index is 832. The van der Waals surface area contributed by atoms with Crippen LogP contribution in [0.2, 0.25) is 0 Å². The molecule has 1 N–H and O–H groups in total. The van der Waals surface area contributed by atoms with E-state index in [4.69, 9.17) is 0 Å². The number of halogens is 1. The molecule has 0 bridgehead atoms. The van der Waals surface area contributed by atoms with Crippen LogP contribution in [0.1, 0.15) is 0 Å². The first-order valence-corrected chi connectivity index (χ1v) is 12.0. The van der Waals surface area contributed by atoms with Gasteiger partial charge in [0.1, 0.15) is 4.21 Å². The Hall–Kier alpha value is -0.890. The van der Waals surface area contributed by atoms with E-state index in [1.165, 1.54) is 20.6 Å². The second kappa shape index (κ2) is 10.8. The number of piperazine rings is 1. The number of nitrogens with zero attached hydrogens (tertiary/aromatic N) is 4. The normalized spacial score (nSPS) is 15.6. The Morgan fingerprint density at radius 3 is 2.43 bits per heavy atom. The van der Waals surface area contributed by atoms with Crippen molar-refractivity contribution < 1.29 is 8.42 Å². The minimum atomic E-state index is -3.40. The van der Waals surface area contributed by atoms with E-state index in [0.717, 1.165) is 32.1 Å². The molecule has 2 aromatic rings. The van der Waals surface area contributed by atoms with Crippen molar-refractivity contribution in [1.82, 2.24) is 14.5 Å². The van der Waals surface area contributed by atoms with Crippen LogP contribution >= 0.6 is 46.7 Å². The molecule has 3 heterocycles. The molecule has 0 aromatic carbocycles. The molecule has 7 nitrogen and oxygen atoms in total. The van der Waals surface area contributed by atoms with Gasteiger partial charge in [-0.2, -0.15) is 4.31 Å². The van der Waals surface area contributed by atoms with Gasteiger partial charge in [-0.15, -0.1) is 46.7 Å². The van der Waals surface area contributed by atoms with E-state index in [0.29, 0.717) is 17.3 Å². The zero-order chi connectivity index (χ0) is 19.3. The lowest BCUT2D eigenvalue weighted by Gasteiger charge is -2.37. The first-order chi connectivity index (χ1) is 13.0. The van der Waals surface area contributed by atoms with E-state index in [1.54, 1.807) is 42.9 Å². The number of nitrogens with one attached hydrogen (secondary N) is 1. The number of aliphatic imine (C=N–C) groups is 1. The number of hydrogen-bond donors (Lipinski definition) is 1. The van der Waals surface area contributed by atoms with Crippen molar-refractivity contribution in [1.29, 1.82) is 0 Å². The number of guanidine groups is 1. The maximum atomic E-state index is 12.5. The number of anilines is 1. The summed E-state index contributed by atoms with van der Waals surface area (Å²) in [5.41, 5.74) is 0. The zero-order valence-corrected chi connectivity index (χ0v) is 20.7. The monoisotopic (exact) mass is 555 g/mol. The van der Waals surface area contributed by atoms with Gasteiger partial charge >= 0.3 is 0 Å². The highest BCUT2D eigenvalue weighted by molar-refractivity contribution is 14.0. The Kier molecular flexibility index (Phi) is 8.99. The number of rotatable bonds is 6. The Labute approximate surface area is 192 Å². The minimum Gasteiger partial charge on any atom is -0.360 e. The van der Waals surface area contributed by atoms with Crippen LogP contribution in [0.15, 0.2) is 44.2 Å². The molecule has 1 saturated heterocycles. The molecule has 0 radical (unpaired) electrons. The largest absolute Gasteiger partial charge is 0.360 e. The van der Waals surface area contributed by atoms with E-state index < -0.39 is 10.0 Å². The minimum absolute atomic E-state index is 0. The molecule has 1 fully saturated rings. The molecule has 1 aliphatic rings.